The highest BCUT2D eigenvalue weighted by Gasteiger charge is 2.30. The molecular formula is C13H16ClNO. The van der Waals surface area contributed by atoms with E-state index in [-0.39, 0.29) is 6.10 Å². The summed E-state index contributed by atoms with van der Waals surface area (Å²) in [4.78, 5) is 0. The Balaban J connectivity index is 1.93. The van der Waals surface area contributed by atoms with Crippen molar-refractivity contribution in [2.75, 3.05) is 13.2 Å². The number of hydrogen-bond acceptors (Lipinski definition) is 2. The Kier molecular flexibility index (Phi) is 2.88. The van der Waals surface area contributed by atoms with E-state index < -0.39 is 0 Å². The van der Waals surface area contributed by atoms with Crippen molar-refractivity contribution in [1.82, 2.24) is 5.32 Å². The van der Waals surface area contributed by atoms with E-state index in [0.29, 0.717) is 6.04 Å². The lowest BCUT2D eigenvalue weighted by Gasteiger charge is -2.30. The third-order valence-corrected chi connectivity index (χ3v) is 3.78. The summed E-state index contributed by atoms with van der Waals surface area (Å²) in [6.07, 6.45) is 3.68. The highest BCUT2D eigenvalue weighted by Crippen LogP contribution is 2.33. The lowest BCUT2D eigenvalue weighted by molar-refractivity contribution is 0.0199. The zero-order valence-corrected chi connectivity index (χ0v) is 9.96. The van der Waals surface area contributed by atoms with E-state index in [4.69, 9.17) is 16.3 Å². The van der Waals surface area contributed by atoms with Crippen LogP contribution < -0.4 is 5.32 Å². The van der Waals surface area contributed by atoms with Crippen molar-refractivity contribution in [3.05, 3.63) is 34.3 Å². The zero-order chi connectivity index (χ0) is 11.0. The number of fused-ring (bicyclic) bond motifs is 1. The van der Waals surface area contributed by atoms with E-state index in [9.17, 15) is 0 Å². The minimum absolute atomic E-state index is 0.225. The fourth-order valence-electron chi connectivity index (χ4n) is 2.76. The highest BCUT2D eigenvalue weighted by molar-refractivity contribution is 6.30. The number of benzene rings is 1. The van der Waals surface area contributed by atoms with E-state index >= 15 is 0 Å². The fraction of sp³-hybridized carbons (Fsp3) is 0.538. The van der Waals surface area contributed by atoms with Crippen LogP contribution in [0, 0.1) is 0 Å². The first-order chi connectivity index (χ1) is 7.84. The van der Waals surface area contributed by atoms with Gasteiger partial charge < -0.3 is 10.1 Å². The smallest absolute Gasteiger partial charge is 0.0980 e. The zero-order valence-electron chi connectivity index (χ0n) is 9.21. The van der Waals surface area contributed by atoms with Crippen LogP contribution in [-0.2, 0) is 11.2 Å². The summed E-state index contributed by atoms with van der Waals surface area (Å²) in [5.74, 6) is 0. The van der Waals surface area contributed by atoms with Crippen LogP contribution in [0.1, 0.15) is 30.1 Å². The monoisotopic (exact) mass is 237 g/mol. The van der Waals surface area contributed by atoms with Crippen molar-refractivity contribution in [2.45, 2.75) is 31.4 Å². The summed E-state index contributed by atoms with van der Waals surface area (Å²) in [6.45, 7) is 1.93. The SMILES string of the molecule is Clc1ccc2c(c1)CCO[C@@H]2[C@@H]1CCCN1. The summed E-state index contributed by atoms with van der Waals surface area (Å²) < 4.78 is 5.92. The molecule has 3 rings (SSSR count). The Bertz CT molecular complexity index is 388. The predicted octanol–water partition coefficient (Wildman–Crippen LogP) is 2.71. The normalized spacial score (nSPS) is 29.1. The van der Waals surface area contributed by atoms with Gasteiger partial charge in [-0.3, -0.25) is 0 Å². The highest BCUT2D eigenvalue weighted by atomic mass is 35.5. The van der Waals surface area contributed by atoms with Gasteiger partial charge in [0.2, 0.25) is 0 Å². The van der Waals surface area contributed by atoms with Crippen LogP contribution >= 0.6 is 11.6 Å². The number of nitrogens with one attached hydrogen (secondary N) is 1. The van der Waals surface area contributed by atoms with Crippen LogP contribution in [0.3, 0.4) is 0 Å². The number of halogens is 1. The average molecular weight is 238 g/mol. The molecular weight excluding hydrogens is 222 g/mol. The van der Waals surface area contributed by atoms with Gasteiger partial charge in [-0.2, -0.15) is 0 Å². The third-order valence-electron chi connectivity index (χ3n) is 3.54. The average Bonchev–Trinajstić information content (AvgIpc) is 2.81. The van der Waals surface area contributed by atoms with Crippen molar-refractivity contribution in [2.24, 2.45) is 0 Å². The topological polar surface area (TPSA) is 21.3 Å². The molecule has 3 heteroatoms. The van der Waals surface area contributed by atoms with Gasteiger partial charge in [0.1, 0.15) is 0 Å². The second-order valence-electron chi connectivity index (χ2n) is 4.59. The molecule has 0 aliphatic carbocycles. The van der Waals surface area contributed by atoms with Gasteiger partial charge in [-0.15, -0.1) is 0 Å². The van der Waals surface area contributed by atoms with Crippen LogP contribution in [0.25, 0.3) is 0 Å². The Hall–Kier alpha value is -0.570. The Morgan fingerprint density at radius 1 is 1.38 bits per heavy atom. The van der Waals surface area contributed by atoms with Gasteiger partial charge in [0.15, 0.2) is 0 Å². The van der Waals surface area contributed by atoms with Gasteiger partial charge >= 0.3 is 0 Å². The molecule has 2 heterocycles. The largest absolute Gasteiger partial charge is 0.372 e. The summed E-state index contributed by atoms with van der Waals surface area (Å²) in [5, 5.41) is 4.36. The maximum atomic E-state index is 6.03. The molecule has 0 unspecified atom stereocenters. The van der Waals surface area contributed by atoms with Gasteiger partial charge in [-0.05, 0) is 49.1 Å². The molecule has 1 N–H and O–H groups in total. The maximum absolute atomic E-state index is 6.03. The van der Waals surface area contributed by atoms with Crippen molar-refractivity contribution in [3.8, 4) is 0 Å². The quantitative estimate of drug-likeness (QED) is 0.811. The molecule has 2 nitrogen and oxygen atoms in total. The molecule has 2 atom stereocenters. The minimum atomic E-state index is 0.225. The molecule has 1 aromatic carbocycles. The molecule has 16 heavy (non-hydrogen) atoms. The predicted molar refractivity (Wildman–Crippen MR) is 64.9 cm³/mol. The molecule has 1 saturated heterocycles. The number of hydrogen-bond donors (Lipinski definition) is 1. The van der Waals surface area contributed by atoms with Crippen molar-refractivity contribution >= 4 is 11.6 Å². The molecule has 0 amide bonds. The first-order valence-electron chi connectivity index (χ1n) is 5.98. The second kappa shape index (κ2) is 4.36. The standard InChI is InChI=1S/C13H16ClNO/c14-10-3-4-11-9(8-10)5-7-16-13(11)12-2-1-6-15-12/h3-4,8,12-13,15H,1-2,5-7H2/t12-,13-/m0/s1. The van der Waals surface area contributed by atoms with Crippen LogP contribution in [0.5, 0.6) is 0 Å². The van der Waals surface area contributed by atoms with Gasteiger partial charge in [0.25, 0.3) is 0 Å². The molecule has 0 aromatic heterocycles. The Morgan fingerprint density at radius 2 is 2.31 bits per heavy atom. The summed E-state index contributed by atoms with van der Waals surface area (Å²) in [5.41, 5.74) is 2.69. The molecule has 0 bridgehead atoms. The number of ether oxygens (including phenoxy) is 1. The number of rotatable bonds is 1. The van der Waals surface area contributed by atoms with Crippen LogP contribution in [0.15, 0.2) is 18.2 Å². The maximum Gasteiger partial charge on any atom is 0.0980 e. The molecule has 0 radical (unpaired) electrons. The molecule has 1 aromatic rings. The van der Waals surface area contributed by atoms with Crippen molar-refractivity contribution in [1.29, 1.82) is 0 Å². The first kappa shape index (κ1) is 10.6. The van der Waals surface area contributed by atoms with E-state index in [2.05, 4.69) is 17.4 Å². The van der Waals surface area contributed by atoms with Crippen molar-refractivity contribution in [3.63, 3.8) is 0 Å². The Labute approximate surface area is 101 Å². The van der Waals surface area contributed by atoms with Crippen LogP contribution in [-0.4, -0.2) is 19.2 Å². The minimum Gasteiger partial charge on any atom is -0.372 e. The van der Waals surface area contributed by atoms with Gasteiger partial charge in [0.05, 0.1) is 12.7 Å². The lowest BCUT2D eigenvalue weighted by atomic mass is 9.92. The van der Waals surface area contributed by atoms with Gasteiger partial charge in [0, 0.05) is 11.1 Å². The van der Waals surface area contributed by atoms with Gasteiger partial charge in [-0.1, -0.05) is 17.7 Å². The van der Waals surface area contributed by atoms with Gasteiger partial charge in [-0.25, -0.2) is 0 Å². The molecule has 0 spiro atoms. The van der Waals surface area contributed by atoms with Crippen molar-refractivity contribution < 1.29 is 4.74 Å². The summed E-state index contributed by atoms with van der Waals surface area (Å²) in [7, 11) is 0. The first-order valence-corrected chi connectivity index (χ1v) is 6.36. The van der Waals surface area contributed by atoms with Crippen LogP contribution in [0.2, 0.25) is 5.02 Å². The summed E-state index contributed by atoms with van der Waals surface area (Å²) >= 11 is 6.03. The second-order valence-corrected chi connectivity index (χ2v) is 5.02. The van der Waals surface area contributed by atoms with E-state index in [1.807, 2.05) is 6.07 Å². The third kappa shape index (κ3) is 1.86. The van der Waals surface area contributed by atoms with E-state index in [1.54, 1.807) is 0 Å². The molecule has 0 saturated carbocycles. The lowest BCUT2D eigenvalue weighted by Crippen LogP contribution is -2.33. The molecule has 2 aliphatic heterocycles. The molecule has 2 aliphatic rings. The molecule has 1 fully saturated rings. The fourth-order valence-corrected chi connectivity index (χ4v) is 2.95. The Morgan fingerprint density at radius 3 is 3.12 bits per heavy atom. The van der Waals surface area contributed by atoms with E-state index in [0.717, 1.165) is 24.6 Å². The summed E-state index contributed by atoms with van der Waals surface area (Å²) in [6, 6.07) is 6.67. The van der Waals surface area contributed by atoms with E-state index in [1.165, 1.54) is 24.0 Å². The van der Waals surface area contributed by atoms with Crippen LogP contribution in [0.4, 0.5) is 0 Å². The molecule has 86 valence electrons.